The molecule has 0 spiro atoms. The minimum Gasteiger partial charge on any atom is -0.469 e. The lowest BCUT2D eigenvalue weighted by Gasteiger charge is -2.64. The molecule has 0 amide bonds. The molecule has 0 N–H and O–H groups in total. The van der Waals surface area contributed by atoms with E-state index in [0.29, 0.717) is 24.8 Å². The number of benzene rings is 1. The summed E-state index contributed by atoms with van der Waals surface area (Å²) in [4.78, 5) is 50.3. The van der Waals surface area contributed by atoms with E-state index in [1.165, 1.54) is 21.0 Å². The normalized spacial score (nSPS) is 37.7. The summed E-state index contributed by atoms with van der Waals surface area (Å²) < 4.78 is 24.5. The van der Waals surface area contributed by atoms with Crippen molar-refractivity contribution in [1.82, 2.24) is 0 Å². The summed E-state index contributed by atoms with van der Waals surface area (Å²) in [6.45, 7) is 9.83. The maximum Gasteiger partial charge on any atom is 0.338 e. The summed E-state index contributed by atoms with van der Waals surface area (Å²) >= 11 is 2.21. The van der Waals surface area contributed by atoms with Crippen molar-refractivity contribution in [3.8, 4) is 0 Å². The topological polar surface area (TPSA) is 105 Å². The summed E-state index contributed by atoms with van der Waals surface area (Å²) in [5.74, 6) is 0.0881. The molecule has 9 heteroatoms. The summed E-state index contributed by atoms with van der Waals surface area (Å²) in [5, 5.41) is 0. The Morgan fingerprint density at radius 2 is 1.69 bits per heavy atom. The van der Waals surface area contributed by atoms with Crippen LogP contribution in [0.2, 0.25) is 0 Å². The lowest BCUT2D eigenvalue weighted by Crippen LogP contribution is -2.63. The number of fused-ring (bicyclic) bond motifs is 5. The average molecular weight is 737 g/mol. The van der Waals surface area contributed by atoms with Gasteiger partial charge in [0.25, 0.3) is 0 Å². The molecule has 4 aliphatic rings. The fraction of sp³-hybridized carbons (Fsp3) is 0.722. The molecule has 1 aromatic carbocycles. The lowest BCUT2D eigenvalue weighted by molar-refractivity contribution is -0.218. The number of rotatable bonds is 8. The zero-order valence-electron chi connectivity index (χ0n) is 27.5. The van der Waals surface area contributed by atoms with E-state index in [0.717, 1.165) is 42.1 Å². The Morgan fingerprint density at radius 1 is 0.956 bits per heavy atom. The van der Waals surface area contributed by atoms with Crippen molar-refractivity contribution in [1.29, 1.82) is 0 Å². The predicted octanol–water partition coefficient (Wildman–Crippen LogP) is 7.15. The molecule has 0 saturated heterocycles. The summed E-state index contributed by atoms with van der Waals surface area (Å²) in [5.41, 5.74) is 0.152. The highest BCUT2D eigenvalue weighted by Crippen LogP contribution is 2.69. The van der Waals surface area contributed by atoms with Crippen LogP contribution >= 0.6 is 22.6 Å². The van der Waals surface area contributed by atoms with Gasteiger partial charge in [0.2, 0.25) is 0 Å². The first-order valence-electron chi connectivity index (χ1n) is 16.7. The van der Waals surface area contributed by atoms with E-state index < -0.39 is 0 Å². The zero-order valence-corrected chi connectivity index (χ0v) is 29.7. The van der Waals surface area contributed by atoms with Crippen molar-refractivity contribution in [2.45, 2.75) is 111 Å². The Hall–Kier alpha value is -2.17. The molecule has 8 nitrogen and oxygen atoms in total. The lowest BCUT2D eigenvalue weighted by atomic mass is 9.43. The van der Waals surface area contributed by atoms with Gasteiger partial charge in [-0.2, -0.15) is 0 Å². The average Bonchev–Trinajstić information content (AvgIpc) is 3.34. The first-order valence-corrected chi connectivity index (χ1v) is 17.7. The highest BCUT2D eigenvalue weighted by molar-refractivity contribution is 14.1. The molecule has 5 rings (SSSR count). The molecule has 248 valence electrons. The molecule has 0 bridgehead atoms. The van der Waals surface area contributed by atoms with E-state index in [1.54, 1.807) is 0 Å². The van der Waals surface area contributed by atoms with Crippen molar-refractivity contribution in [3.63, 3.8) is 0 Å². The quantitative estimate of drug-likeness (QED) is 0.158. The fourth-order valence-corrected chi connectivity index (χ4v) is 10.9. The van der Waals surface area contributed by atoms with E-state index in [4.69, 9.17) is 18.9 Å². The van der Waals surface area contributed by atoms with Gasteiger partial charge in [-0.15, -0.1) is 0 Å². The minimum atomic E-state index is -0.326. The number of hydrogen-bond donors (Lipinski definition) is 0. The van der Waals surface area contributed by atoms with Crippen LogP contribution in [0.4, 0.5) is 0 Å². The molecule has 0 aromatic heterocycles. The molecule has 0 aliphatic heterocycles. The molecule has 4 aliphatic carbocycles. The second-order valence-corrected chi connectivity index (χ2v) is 15.9. The second-order valence-electron chi connectivity index (χ2n) is 14.7. The van der Waals surface area contributed by atoms with Crippen molar-refractivity contribution >= 4 is 46.5 Å². The molecule has 45 heavy (non-hydrogen) atoms. The van der Waals surface area contributed by atoms with Gasteiger partial charge in [-0.05, 0) is 127 Å². The third kappa shape index (κ3) is 6.66. The molecular weight excluding hydrogens is 687 g/mol. The summed E-state index contributed by atoms with van der Waals surface area (Å²) in [6, 6.07) is 7.50. The van der Waals surface area contributed by atoms with Crippen LogP contribution in [0.25, 0.3) is 0 Å². The Morgan fingerprint density at radius 3 is 2.36 bits per heavy atom. The van der Waals surface area contributed by atoms with Crippen LogP contribution in [0.1, 0.15) is 103 Å². The Kier molecular flexibility index (Phi) is 10.3. The molecule has 11 atom stereocenters. The minimum absolute atomic E-state index is 0.0688. The summed E-state index contributed by atoms with van der Waals surface area (Å²) in [7, 11) is 1.42. The third-order valence-electron chi connectivity index (χ3n) is 12.4. The summed E-state index contributed by atoms with van der Waals surface area (Å²) in [6.07, 6.45) is 6.15. The third-order valence-corrected chi connectivity index (χ3v) is 13.1. The predicted molar refractivity (Wildman–Crippen MR) is 176 cm³/mol. The van der Waals surface area contributed by atoms with E-state index in [2.05, 4.69) is 43.4 Å². The SMILES string of the molecule is COC(=O)CC[C@@H](C)[C@H]1CC[C@H]2[C@@H]3[C@H](OC(=O)c4cccc(I)c4)C[C@@H]4C[C@H](OC(C)=O)CC[C@]4(C)[C@H]3C[C@H](OC(C)=O)[C@]12C. The molecule has 1 aromatic rings. The maximum atomic E-state index is 13.7. The Bertz CT molecular complexity index is 1300. The number of ether oxygens (including phenoxy) is 4. The number of hydrogen-bond acceptors (Lipinski definition) is 8. The van der Waals surface area contributed by atoms with Crippen molar-refractivity contribution in [2.24, 2.45) is 46.3 Å². The molecule has 0 unspecified atom stereocenters. The number of esters is 4. The molecule has 0 radical (unpaired) electrons. The van der Waals surface area contributed by atoms with Crippen LogP contribution in [0.15, 0.2) is 24.3 Å². The second kappa shape index (κ2) is 13.5. The molecular formula is C36H49IO8. The zero-order chi connectivity index (χ0) is 32.7. The monoisotopic (exact) mass is 736 g/mol. The van der Waals surface area contributed by atoms with Gasteiger partial charge in [-0.1, -0.05) is 26.8 Å². The first-order chi connectivity index (χ1) is 21.3. The largest absolute Gasteiger partial charge is 0.469 e. The Labute approximate surface area is 281 Å². The van der Waals surface area contributed by atoms with Gasteiger partial charge in [-0.3, -0.25) is 14.4 Å². The molecule has 0 heterocycles. The van der Waals surface area contributed by atoms with Gasteiger partial charge in [0.15, 0.2) is 0 Å². The van der Waals surface area contributed by atoms with Crippen LogP contribution in [0, 0.1) is 49.9 Å². The van der Waals surface area contributed by atoms with Gasteiger partial charge in [0.05, 0.1) is 12.7 Å². The van der Waals surface area contributed by atoms with Gasteiger partial charge >= 0.3 is 23.9 Å². The van der Waals surface area contributed by atoms with Gasteiger partial charge in [0, 0.05) is 35.2 Å². The van der Waals surface area contributed by atoms with E-state index in [9.17, 15) is 19.2 Å². The van der Waals surface area contributed by atoms with Crippen LogP contribution in [0.3, 0.4) is 0 Å². The van der Waals surface area contributed by atoms with E-state index >= 15 is 0 Å². The highest BCUT2D eigenvalue weighted by atomic mass is 127. The molecule has 4 saturated carbocycles. The number of halogens is 1. The van der Waals surface area contributed by atoms with Crippen LogP contribution in [-0.2, 0) is 33.3 Å². The number of methoxy groups -OCH3 is 1. The Balaban J connectivity index is 1.52. The van der Waals surface area contributed by atoms with Crippen molar-refractivity contribution in [3.05, 3.63) is 33.4 Å². The van der Waals surface area contributed by atoms with Crippen molar-refractivity contribution < 1.29 is 38.1 Å². The van der Waals surface area contributed by atoms with E-state index in [-0.39, 0.29) is 88.5 Å². The van der Waals surface area contributed by atoms with Gasteiger partial charge in [0.1, 0.15) is 18.3 Å². The van der Waals surface area contributed by atoms with Crippen LogP contribution in [-0.4, -0.2) is 49.3 Å². The highest BCUT2D eigenvalue weighted by Gasteiger charge is 2.67. The van der Waals surface area contributed by atoms with Crippen LogP contribution in [0.5, 0.6) is 0 Å². The molecule has 4 fully saturated rings. The number of carbonyl (C=O) groups excluding carboxylic acids is 4. The van der Waals surface area contributed by atoms with E-state index in [1.807, 2.05) is 24.3 Å². The van der Waals surface area contributed by atoms with Crippen molar-refractivity contribution in [2.75, 3.05) is 7.11 Å². The number of carbonyl (C=O) groups is 4. The first kappa shape index (κ1) is 34.2. The standard InChI is InChI=1S/C36H49IO8/c1-20(10-13-32(40)42-6)27-11-12-28-33-29(19-31(36(27,28)5)44-22(3)39)35(4)15-14-26(43-21(2)38)17-24(35)18-30(33)45-34(41)23-8-7-9-25(37)16-23/h7-9,16,20,24,26-31,33H,10-15,17-19H2,1-6H3/t20-,24+,26-,27-,28+,29+,30-,31+,33+,35+,36-/m1/s1. The van der Waals surface area contributed by atoms with Gasteiger partial charge in [-0.25, -0.2) is 4.79 Å². The smallest absolute Gasteiger partial charge is 0.338 e. The maximum absolute atomic E-state index is 13.7. The van der Waals surface area contributed by atoms with Gasteiger partial charge < -0.3 is 18.9 Å². The van der Waals surface area contributed by atoms with Crippen LogP contribution < -0.4 is 0 Å². The fourth-order valence-electron chi connectivity index (χ4n) is 10.4.